The van der Waals surface area contributed by atoms with Gasteiger partial charge in [0.15, 0.2) is 6.67 Å². The van der Waals surface area contributed by atoms with Gasteiger partial charge in [0.25, 0.3) is 6.08 Å². The molecule has 0 rings (SSSR count). The average molecular weight is 201 g/mol. The zero-order chi connectivity index (χ0) is 9.33. The predicted molar refractivity (Wildman–Crippen MR) is 38.5 cm³/mol. The quantitative estimate of drug-likeness (QED) is 0.381. The zero-order valence-corrected chi connectivity index (χ0v) is 6.77. The maximum Gasteiger partial charge on any atom is 0.350 e. The van der Waals surface area contributed by atoms with Crippen molar-refractivity contribution in [3.05, 3.63) is 19.3 Å². The summed E-state index contributed by atoms with van der Waals surface area (Å²) in [5.41, 5.74) is 0. The Kier molecular flexibility index (Phi) is 8.69. The Morgan fingerprint density at radius 2 is 2.00 bits per heavy atom. The Hall–Kier alpha value is -0.710. The van der Waals surface area contributed by atoms with Gasteiger partial charge in [-0.1, -0.05) is 10.5 Å². The molecule has 0 aliphatic heterocycles. The van der Waals surface area contributed by atoms with Crippen LogP contribution in [0.15, 0.2) is 17.1 Å². The normalized spacial score (nSPS) is 8.55. The van der Waals surface area contributed by atoms with Crippen LogP contribution in [-0.2, 0) is 14.0 Å². The molecule has 7 heteroatoms. The first-order valence-corrected chi connectivity index (χ1v) is 4.32. The molecule has 0 aliphatic rings. The predicted octanol–water partition coefficient (Wildman–Crippen LogP) is 1.11. The van der Waals surface area contributed by atoms with Gasteiger partial charge >= 0.3 is 9.24 Å². The van der Waals surface area contributed by atoms with Crippen LogP contribution in [0.3, 0.4) is 0 Å². The van der Waals surface area contributed by atoms with Crippen molar-refractivity contribution in [1.82, 2.24) is 0 Å². The van der Waals surface area contributed by atoms with Gasteiger partial charge < -0.3 is 0 Å². The first-order chi connectivity index (χ1) is 4.97. The van der Waals surface area contributed by atoms with E-state index in [-0.39, 0.29) is 0 Å². The van der Waals surface area contributed by atoms with Crippen LogP contribution in [0.4, 0.5) is 4.39 Å². The minimum absolute atomic E-state index is 0.389. The van der Waals surface area contributed by atoms with Crippen molar-refractivity contribution < 1.29 is 17.6 Å². The molecule has 0 bridgehead atoms. The topological polar surface area (TPSA) is 63.6 Å². The van der Waals surface area contributed by atoms with Gasteiger partial charge in [0.05, 0.1) is 0 Å². The largest absolute Gasteiger partial charge is 0.350 e. The molecule has 0 amide bonds. The number of hydrogen-bond acceptors (Lipinski definition) is 3. The third-order valence-corrected chi connectivity index (χ3v) is 0.735. The van der Waals surface area contributed by atoms with Crippen LogP contribution in [0.1, 0.15) is 0 Å². The van der Waals surface area contributed by atoms with Crippen molar-refractivity contribution in [3.63, 3.8) is 0 Å². The summed E-state index contributed by atoms with van der Waals surface area (Å²) >= 11 is 0. The SMILES string of the molecule is C=C[CH]F.O=C=NS(=O)(=O)Cl. The molecule has 1 radical (unpaired) electrons. The number of nitrogens with zero attached hydrogens (tertiary/aromatic N) is 1. The fourth-order valence-corrected chi connectivity index (χ4v) is 0.218. The molecule has 0 atom stereocenters. The molecule has 0 unspecified atom stereocenters. The van der Waals surface area contributed by atoms with Crippen LogP contribution >= 0.6 is 10.7 Å². The van der Waals surface area contributed by atoms with Crippen LogP contribution in [0.25, 0.3) is 0 Å². The molecule has 63 valence electrons. The van der Waals surface area contributed by atoms with Gasteiger partial charge in [0.2, 0.25) is 0 Å². The Morgan fingerprint density at radius 1 is 1.64 bits per heavy atom. The molecule has 0 heterocycles. The number of hydrogen-bond donors (Lipinski definition) is 0. The number of rotatable bonds is 2. The van der Waals surface area contributed by atoms with Crippen LogP contribution in [-0.4, -0.2) is 14.5 Å². The third kappa shape index (κ3) is 26.8. The highest BCUT2D eigenvalue weighted by Gasteiger charge is 1.95. The van der Waals surface area contributed by atoms with E-state index in [4.69, 9.17) is 4.79 Å². The van der Waals surface area contributed by atoms with Gasteiger partial charge in [-0.05, 0) is 0 Å². The highest BCUT2D eigenvalue weighted by molar-refractivity contribution is 8.12. The molecular weight excluding hydrogens is 197 g/mol. The zero-order valence-electron chi connectivity index (χ0n) is 5.20. The first-order valence-electron chi connectivity index (χ1n) is 2.06. The third-order valence-electron chi connectivity index (χ3n) is 0.235. The lowest BCUT2D eigenvalue weighted by Crippen LogP contribution is -1.76. The van der Waals surface area contributed by atoms with Gasteiger partial charge in [-0.15, -0.1) is 6.58 Å². The summed E-state index contributed by atoms with van der Waals surface area (Å²) in [6, 6.07) is 0. The summed E-state index contributed by atoms with van der Waals surface area (Å²) < 4.78 is 31.8. The molecular formula is C4H4ClFNO3S. The van der Waals surface area contributed by atoms with Crippen molar-refractivity contribution in [1.29, 1.82) is 0 Å². The van der Waals surface area contributed by atoms with Crippen molar-refractivity contribution in [2.24, 2.45) is 4.40 Å². The molecule has 0 aromatic carbocycles. The first kappa shape index (κ1) is 12.9. The van der Waals surface area contributed by atoms with E-state index in [1.807, 2.05) is 0 Å². The minimum Gasteiger partial charge on any atom is -0.239 e. The monoisotopic (exact) mass is 200 g/mol. The summed E-state index contributed by atoms with van der Waals surface area (Å²) in [6.07, 6.45) is 1.85. The minimum atomic E-state index is -4.00. The van der Waals surface area contributed by atoms with Crippen molar-refractivity contribution in [3.8, 4) is 0 Å². The standard InChI is InChI=1S/C3H4F.CClNO3S/c1-2-3-4;2-7(5,6)3-1-4/h2-3H,1H2;. The van der Waals surface area contributed by atoms with E-state index in [9.17, 15) is 12.8 Å². The molecule has 4 nitrogen and oxygen atoms in total. The fraction of sp³-hybridized carbons (Fsp3) is 0. The molecule has 0 aliphatic carbocycles. The number of isocyanates is 1. The summed E-state index contributed by atoms with van der Waals surface area (Å²) in [5, 5.41) is 0. The summed E-state index contributed by atoms with van der Waals surface area (Å²) in [6.45, 7) is 3.44. The second-order valence-electron chi connectivity index (χ2n) is 0.956. The van der Waals surface area contributed by atoms with Crippen molar-refractivity contribution >= 4 is 26.0 Å². The number of carbonyl (C=O) groups excluding carboxylic acids is 1. The Morgan fingerprint density at radius 3 is 2.00 bits per heavy atom. The summed E-state index contributed by atoms with van der Waals surface area (Å²) in [7, 11) is 0.376. The number of halogens is 2. The summed E-state index contributed by atoms with van der Waals surface area (Å²) in [4.78, 5) is 9.07. The van der Waals surface area contributed by atoms with E-state index in [1.165, 1.54) is 0 Å². The van der Waals surface area contributed by atoms with Gasteiger partial charge in [-0.25, -0.2) is 9.18 Å². The molecule has 0 saturated heterocycles. The second kappa shape index (κ2) is 7.40. The van der Waals surface area contributed by atoms with Crippen LogP contribution in [0.2, 0.25) is 0 Å². The van der Waals surface area contributed by atoms with Crippen LogP contribution in [0.5, 0.6) is 0 Å². The van der Waals surface area contributed by atoms with E-state index in [0.29, 0.717) is 6.67 Å². The van der Waals surface area contributed by atoms with Gasteiger partial charge in [0.1, 0.15) is 0 Å². The van der Waals surface area contributed by atoms with E-state index in [0.717, 1.165) is 12.2 Å². The molecule has 0 fully saturated rings. The Labute approximate surface area is 67.9 Å². The molecule has 0 spiro atoms. The molecule has 0 N–H and O–H groups in total. The molecule has 0 aromatic heterocycles. The highest BCUT2D eigenvalue weighted by atomic mass is 35.7. The van der Waals surface area contributed by atoms with Gasteiger partial charge in [-0.3, -0.25) is 0 Å². The maximum absolute atomic E-state index is 10.5. The van der Waals surface area contributed by atoms with Crippen molar-refractivity contribution in [2.75, 3.05) is 0 Å². The lowest BCUT2D eigenvalue weighted by Gasteiger charge is -1.67. The maximum atomic E-state index is 10.5. The average Bonchev–Trinajstić information content (AvgIpc) is 1.86. The van der Waals surface area contributed by atoms with Crippen LogP contribution < -0.4 is 0 Å². The highest BCUT2D eigenvalue weighted by Crippen LogP contribution is 1.93. The smallest absolute Gasteiger partial charge is 0.239 e. The molecule has 0 saturated carbocycles. The van der Waals surface area contributed by atoms with Gasteiger partial charge in [-0.2, -0.15) is 8.42 Å². The molecule has 0 aromatic rings. The Bertz CT molecular complexity index is 244. The summed E-state index contributed by atoms with van der Waals surface area (Å²) in [5.74, 6) is 0. The lowest BCUT2D eigenvalue weighted by atomic mass is 10.7. The van der Waals surface area contributed by atoms with Crippen LogP contribution in [0, 0.1) is 6.67 Å². The lowest BCUT2D eigenvalue weighted by molar-refractivity contribution is 0.564. The second-order valence-corrected chi connectivity index (χ2v) is 3.13. The molecule has 11 heavy (non-hydrogen) atoms. The van der Waals surface area contributed by atoms with E-state index < -0.39 is 9.24 Å². The number of allylic oxidation sites excluding steroid dienone is 1. The van der Waals surface area contributed by atoms with E-state index in [2.05, 4.69) is 21.7 Å². The van der Waals surface area contributed by atoms with E-state index >= 15 is 0 Å². The fourth-order valence-electron chi connectivity index (χ4n) is 0.0445. The van der Waals surface area contributed by atoms with Gasteiger partial charge in [0, 0.05) is 10.7 Å². The van der Waals surface area contributed by atoms with E-state index in [1.54, 1.807) is 0 Å². The Balaban J connectivity index is 0. The van der Waals surface area contributed by atoms with Crippen molar-refractivity contribution in [2.45, 2.75) is 0 Å².